The van der Waals surface area contributed by atoms with Crippen molar-refractivity contribution in [1.82, 2.24) is 15.0 Å². The highest BCUT2D eigenvalue weighted by molar-refractivity contribution is 6.30. The quantitative estimate of drug-likeness (QED) is 0.199. The van der Waals surface area contributed by atoms with Crippen molar-refractivity contribution >= 4 is 11.6 Å². The topological polar surface area (TPSA) is 38.7 Å². The van der Waals surface area contributed by atoms with E-state index in [1.807, 2.05) is 54.6 Å². The van der Waals surface area contributed by atoms with Gasteiger partial charge in [0.05, 0.1) is 0 Å². The monoisotopic (exact) mass is 571 g/mol. The molecular weight excluding hydrogens is 546 g/mol. The van der Waals surface area contributed by atoms with Gasteiger partial charge in [0.1, 0.15) is 0 Å². The van der Waals surface area contributed by atoms with Crippen LogP contribution in [0.25, 0.3) is 67.5 Å². The van der Waals surface area contributed by atoms with Crippen LogP contribution < -0.4 is 0 Å². The Morgan fingerprint density at radius 3 is 1.47 bits per heavy atom. The minimum absolute atomic E-state index is 0.616. The Labute approximate surface area is 256 Å². The molecule has 0 bridgehead atoms. The van der Waals surface area contributed by atoms with Gasteiger partial charge >= 0.3 is 0 Å². The molecule has 0 radical (unpaired) electrons. The first-order valence-electron chi connectivity index (χ1n) is 14.1. The fourth-order valence-electron chi connectivity index (χ4n) is 5.25. The van der Waals surface area contributed by atoms with Crippen LogP contribution in [0.2, 0.25) is 5.02 Å². The molecule has 6 aromatic carbocycles. The van der Waals surface area contributed by atoms with E-state index in [9.17, 15) is 0 Å². The van der Waals surface area contributed by atoms with E-state index in [1.54, 1.807) is 0 Å². The first-order valence-corrected chi connectivity index (χ1v) is 14.5. The molecule has 0 amide bonds. The molecule has 43 heavy (non-hydrogen) atoms. The second kappa shape index (κ2) is 11.8. The number of halogens is 1. The fraction of sp³-hybridized carbons (Fsp3) is 0. The molecule has 0 aliphatic heterocycles. The van der Waals surface area contributed by atoms with E-state index < -0.39 is 0 Å². The Hall–Kier alpha value is -5.38. The van der Waals surface area contributed by atoms with Gasteiger partial charge in [-0.05, 0) is 51.6 Å². The van der Waals surface area contributed by atoms with Gasteiger partial charge in [0.25, 0.3) is 0 Å². The minimum atomic E-state index is 0.616. The van der Waals surface area contributed by atoms with Crippen LogP contribution in [0.15, 0.2) is 158 Å². The zero-order valence-electron chi connectivity index (χ0n) is 23.2. The molecule has 0 saturated heterocycles. The molecule has 0 aliphatic carbocycles. The van der Waals surface area contributed by atoms with Crippen molar-refractivity contribution in [2.45, 2.75) is 0 Å². The average Bonchev–Trinajstić information content (AvgIpc) is 3.09. The van der Waals surface area contributed by atoms with E-state index in [0.717, 1.165) is 50.1 Å². The molecule has 0 N–H and O–H groups in total. The third-order valence-electron chi connectivity index (χ3n) is 7.42. The van der Waals surface area contributed by atoms with Crippen LogP contribution in [-0.2, 0) is 0 Å². The van der Waals surface area contributed by atoms with Crippen molar-refractivity contribution in [3.8, 4) is 67.5 Å². The molecule has 0 spiro atoms. The number of aromatic nitrogens is 3. The predicted molar refractivity (Wildman–Crippen MR) is 177 cm³/mol. The second-order valence-corrected chi connectivity index (χ2v) is 10.7. The lowest BCUT2D eigenvalue weighted by atomic mass is 9.99. The van der Waals surface area contributed by atoms with E-state index >= 15 is 0 Å². The number of hydrogen-bond acceptors (Lipinski definition) is 3. The number of nitrogens with zero attached hydrogens (tertiary/aromatic N) is 3. The summed E-state index contributed by atoms with van der Waals surface area (Å²) in [5, 5.41) is 0.711. The van der Waals surface area contributed by atoms with Crippen LogP contribution in [-0.4, -0.2) is 15.0 Å². The lowest BCUT2D eigenvalue weighted by Gasteiger charge is -2.13. The third kappa shape index (κ3) is 5.72. The Kier molecular flexibility index (Phi) is 7.31. The van der Waals surface area contributed by atoms with Gasteiger partial charge in [0.15, 0.2) is 17.5 Å². The van der Waals surface area contributed by atoms with Gasteiger partial charge in [-0.15, -0.1) is 0 Å². The highest BCUT2D eigenvalue weighted by atomic mass is 35.5. The second-order valence-electron chi connectivity index (χ2n) is 10.3. The predicted octanol–water partition coefficient (Wildman–Crippen LogP) is 10.5. The zero-order valence-corrected chi connectivity index (χ0v) is 24.0. The Bertz CT molecular complexity index is 2020. The maximum absolute atomic E-state index is 6.25. The van der Waals surface area contributed by atoms with E-state index in [0.29, 0.717) is 22.5 Å². The average molecular weight is 572 g/mol. The summed E-state index contributed by atoms with van der Waals surface area (Å²) in [6.45, 7) is 0. The van der Waals surface area contributed by atoms with Crippen LogP contribution in [0.1, 0.15) is 0 Å². The Morgan fingerprint density at radius 2 is 0.767 bits per heavy atom. The maximum atomic E-state index is 6.25. The van der Waals surface area contributed by atoms with Gasteiger partial charge in [0, 0.05) is 21.7 Å². The highest BCUT2D eigenvalue weighted by Crippen LogP contribution is 2.33. The summed E-state index contributed by atoms with van der Waals surface area (Å²) in [5.74, 6) is 1.87. The lowest BCUT2D eigenvalue weighted by molar-refractivity contribution is 1.07. The Balaban J connectivity index is 1.38. The molecule has 3 nitrogen and oxygen atoms in total. The standard InChI is InChI=1S/C39H26ClN3/c40-34-18-10-16-32(26-34)28-21-23-30(24-22-28)37-41-38(33-17-9-15-31(25-33)27-11-3-1-4-12-27)43-39(42-37)36-20-8-7-19-35(36)29-13-5-2-6-14-29/h1-26H. The summed E-state index contributed by atoms with van der Waals surface area (Å²) in [6, 6.07) is 53.5. The highest BCUT2D eigenvalue weighted by Gasteiger charge is 2.16. The molecule has 0 saturated carbocycles. The fourth-order valence-corrected chi connectivity index (χ4v) is 5.44. The summed E-state index contributed by atoms with van der Waals surface area (Å²) in [5.41, 5.74) is 9.36. The van der Waals surface area contributed by atoms with Crippen LogP contribution >= 0.6 is 11.6 Å². The largest absolute Gasteiger partial charge is 0.208 e. The van der Waals surface area contributed by atoms with E-state index in [2.05, 4.69) is 103 Å². The van der Waals surface area contributed by atoms with Crippen LogP contribution in [0.3, 0.4) is 0 Å². The van der Waals surface area contributed by atoms with Crippen molar-refractivity contribution in [2.75, 3.05) is 0 Å². The minimum Gasteiger partial charge on any atom is -0.208 e. The summed E-state index contributed by atoms with van der Waals surface area (Å²) in [7, 11) is 0. The smallest absolute Gasteiger partial charge is 0.164 e. The number of hydrogen-bond donors (Lipinski definition) is 0. The van der Waals surface area contributed by atoms with Crippen LogP contribution in [0, 0.1) is 0 Å². The van der Waals surface area contributed by atoms with E-state index in [1.165, 1.54) is 0 Å². The molecule has 204 valence electrons. The van der Waals surface area contributed by atoms with Gasteiger partial charge in [-0.1, -0.05) is 151 Å². The summed E-state index contributed by atoms with van der Waals surface area (Å²) in [4.78, 5) is 15.1. The molecular formula is C39H26ClN3. The summed E-state index contributed by atoms with van der Waals surface area (Å²) in [6.07, 6.45) is 0. The SMILES string of the molecule is Clc1cccc(-c2ccc(-c3nc(-c4cccc(-c5ccccc5)c4)nc(-c4ccccc4-c4ccccc4)n3)cc2)c1. The van der Waals surface area contributed by atoms with Crippen molar-refractivity contribution in [3.05, 3.63) is 163 Å². The van der Waals surface area contributed by atoms with Gasteiger partial charge in [-0.2, -0.15) is 0 Å². The third-order valence-corrected chi connectivity index (χ3v) is 7.65. The molecule has 0 aliphatic rings. The molecule has 7 rings (SSSR count). The van der Waals surface area contributed by atoms with Gasteiger partial charge in [0.2, 0.25) is 0 Å². The Morgan fingerprint density at radius 1 is 0.302 bits per heavy atom. The lowest BCUT2D eigenvalue weighted by Crippen LogP contribution is -2.01. The van der Waals surface area contributed by atoms with Crippen molar-refractivity contribution < 1.29 is 0 Å². The van der Waals surface area contributed by atoms with Crippen LogP contribution in [0.4, 0.5) is 0 Å². The summed E-state index contributed by atoms with van der Waals surface area (Å²) < 4.78 is 0. The maximum Gasteiger partial charge on any atom is 0.164 e. The summed E-state index contributed by atoms with van der Waals surface area (Å²) >= 11 is 6.25. The molecule has 0 fully saturated rings. The molecule has 1 heterocycles. The molecule has 0 unspecified atom stereocenters. The molecule has 1 aromatic heterocycles. The van der Waals surface area contributed by atoms with E-state index in [-0.39, 0.29) is 0 Å². The van der Waals surface area contributed by atoms with E-state index in [4.69, 9.17) is 26.6 Å². The van der Waals surface area contributed by atoms with Gasteiger partial charge < -0.3 is 0 Å². The molecule has 7 aromatic rings. The first-order chi connectivity index (χ1) is 21.2. The first kappa shape index (κ1) is 26.5. The van der Waals surface area contributed by atoms with Crippen LogP contribution in [0.5, 0.6) is 0 Å². The molecule has 4 heteroatoms. The normalized spacial score (nSPS) is 10.9. The van der Waals surface area contributed by atoms with Gasteiger partial charge in [-0.25, -0.2) is 15.0 Å². The number of rotatable bonds is 6. The number of benzene rings is 6. The van der Waals surface area contributed by atoms with Crippen molar-refractivity contribution in [1.29, 1.82) is 0 Å². The van der Waals surface area contributed by atoms with Crippen molar-refractivity contribution in [3.63, 3.8) is 0 Å². The van der Waals surface area contributed by atoms with Crippen molar-refractivity contribution in [2.24, 2.45) is 0 Å². The molecule has 0 atom stereocenters. The van der Waals surface area contributed by atoms with Gasteiger partial charge in [-0.3, -0.25) is 0 Å². The zero-order chi connectivity index (χ0) is 29.0.